The SMILES string of the molecule is C1CCNCC1.CC(O)(c1ccc2ncc(-c3nc(N)ncc3F)n2c1)C(F)(F)F. The van der Waals surface area contributed by atoms with Crippen molar-refractivity contribution in [3.8, 4) is 11.4 Å². The fourth-order valence-electron chi connectivity index (χ4n) is 2.97. The molecule has 1 aliphatic heterocycles. The van der Waals surface area contributed by atoms with Gasteiger partial charge in [-0.3, -0.25) is 4.40 Å². The number of aromatic nitrogens is 4. The van der Waals surface area contributed by atoms with Gasteiger partial charge in [0.2, 0.25) is 5.95 Å². The second kappa shape index (κ2) is 8.52. The van der Waals surface area contributed by atoms with E-state index in [1.165, 1.54) is 49.0 Å². The average molecular weight is 426 g/mol. The molecule has 3 aromatic rings. The molecular weight excluding hydrogens is 404 g/mol. The standard InChI is InChI=1S/C14H11F4N5O.C5H11N/c1-13(24,14(16,17)18)7-2-3-10-20-5-9(23(10)6-7)11-8(15)4-21-12(19)22-11;1-2-4-6-5-3-1/h2-6,24H,1H3,(H2,19,21,22);6H,1-5H2. The Morgan fingerprint density at radius 1 is 1.10 bits per heavy atom. The fourth-order valence-corrected chi connectivity index (χ4v) is 2.97. The van der Waals surface area contributed by atoms with Crippen molar-refractivity contribution in [2.45, 2.75) is 38.0 Å². The van der Waals surface area contributed by atoms with E-state index in [9.17, 15) is 22.7 Å². The quantitative estimate of drug-likeness (QED) is 0.545. The van der Waals surface area contributed by atoms with E-state index in [0.29, 0.717) is 6.92 Å². The third-order valence-electron chi connectivity index (χ3n) is 4.83. The molecule has 1 aliphatic rings. The predicted octanol–water partition coefficient (Wildman–Crippen LogP) is 3.04. The lowest BCUT2D eigenvalue weighted by atomic mass is 9.97. The first-order valence-corrected chi connectivity index (χ1v) is 9.37. The number of alkyl halides is 3. The van der Waals surface area contributed by atoms with Crippen LogP contribution in [0.3, 0.4) is 0 Å². The summed E-state index contributed by atoms with van der Waals surface area (Å²) in [6.07, 6.45) is 2.46. The molecule has 4 heterocycles. The Bertz CT molecular complexity index is 1000. The number of pyridine rings is 1. The molecule has 4 N–H and O–H groups in total. The maximum absolute atomic E-state index is 13.9. The first-order valence-electron chi connectivity index (χ1n) is 9.37. The Morgan fingerprint density at radius 3 is 2.37 bits per heavy atom. The Labute approximate surface area is 170 Å². The van der Waals surface area contributed by atoms with Gasteiger partial charge < -0.3 is 16.2 Å². The number of fused-ring (bicyclic) bond motifs is 1. The molecule has 0 bridgehead atoms. The van der Waals surface area contributed by atoms with Crippen molar-refractivity contribution in [2.75, 3.05) is 18.8 Å². The molecule has 0 saturated carbocycles. The van der Waals surface area contributed by atoms with Crippen molar-refractivity contribution in [3.63, 3.8) is 0 Å². The number of anilines is 1. The number of hydrogen-bond acceptors (Lipinski definition) is 6. The van der Waals surface area contributed by atoms with E-state index >= 15 is 0 Å². The minimum atomic E-state index is -4.88. The van der Waals surface area contributed by atoms with Gasteiger partial charge in [-0.15, -0.1) is 0 Å². The van der Waals surface area contributed by atoms with Crippen LogP contribution in [0.2, 0.25) is 0 Å². The fraction of sp³-hybridized carbons (Fsp3) is 0.421. The van der Waals surface area contributed by atoms with Crippen molar-refractivity contribution in [3.05, 3.63) is 42.1 Å². The molecule has 162 valence electrons. The van der Waals surface area contributed by atoms with Gasteiger partial charge in [0.25, 0.3) is 0 Å². The lowest BCUT2D eigenvalue weighted by Crippen LogP contribution is -2.39. The van der Waals surface area contributed by atoms with Crippen LogP contribution in [0.4, 0.5) is 23.5 Å². The molecule has 11 heteroatoms. The normalized spacial score (nSPS) is 16.6. The third-order valence-corrected chi connectivity index (χ3v) is 4.83. The van der Waals surface area contributed by atoms with Gasteiger partial charge in [-0.25, -0.2) is 19.3 Å². The summed E-state index contributed by atoms with van der Waals surface area (Å²) in [6.45, 7) is 3.13. The van der Waals surface area contributed by atoms with Crippen molar-refractivity contribution < 1.29 is 22.7 Å². The van der Waals surface area contributed by atoms with Gasteiger partial charge in [0, 0.05) is 11.8 Å². The smallest absolute Gasteiger partial charge is 0.376 e. The molecule has 1 unspecified atom stereocenters. The van der Waals surface area contributed by atoms with Gasteiger partial charge >= 0.3 is 6.18 Å². The van der Waals surface area contributed by atoms with Gasteiger partial charge in [0.1, 0.15) is 11.3 Å². The lowest BCUT2D eigenvalue weighted by Gasteiger charge is -2.26. The van der Waals surface area contributed by atoms with E-state index in [0.717, 1.165) is 18.5 Å². The summed E-state index contributed by atoms with van der Waals surface area (Å²) in [7, 11) is 0. The van der Waals surface area contributed by atoms with Crippen LogP contribution in [0, 0.1) is 5.82 Å². The number of halogens is 4. The summed E-state index contributed by atoms with van der Waals surface area (Å²) in [5.74, 6) is -1.00. The van der Waals surface area contributed by atoms with Crippen LogP contribution in [-0.2, 0) is 5.60 Å². The second-order valence-corrected chi connectivity index (χ2v) is 7.09. The number of aliphatic hydroxyl groups is 1. The van der Waals surface area contributed by atoms with Crippen LogP contribution in [0.5, 0.6) is 0 Å². The topological polar surface area (TPSA) is 101 Å². The molecule has 3 aromatic heterocycles. The molecule has 0 spiro atoms. The lowest BCUT2D eigenvalue weighted by molar-refractivity contribution is -0.259. The summed E-state index contributed by atoms with van der Waals surface area (Å²) >= 11 is 0. The Hall–Kier alpha value is -2.79. The van der Waals surface area contributed by atoms with Crippen molar-refractivity contribution in [1.82, 2.24) is 24.7 Å². The van der Waals surface area contributed by atoms with Gasteiger partial charge in [0.15, 0.2) is 11.4 Å². The van der Waals surface area contributed by atoms with Crippen molar-refractivity contribution in [1.29, 1.82) is 0 Å². The van der Waals surface area contributed by atoms with Gasteiger partial charge in [-0.1, -0.05) is 12.5 Å². The highest BCUT2D eigenvalue weighted by atomic mass is 19.4. The summed E-state index contributed by atoms with van der Waals surface area (Å²) < 4.78 is 54.2. The van der Waals surface area contributed by atoms with Crippen LogP contribution in [0.1, 0.15) is 31.7 Å². The van der Waals surface area contributed by atoms with E-state index in [2.05, 4.69) is 20.3 Å². The minimum absolute atomic E-state index is 0.0800. The number of piperidine rings is 1. The molecule has 30 heavy (non-hydrogen) atoms. The van der Waals surface area contributed by atoms with E-state index in [1.807, 2.05) is 0 Å². The highest BCUT2D eigenvalue weighted by Crippen LogP contribution is 2.38. The maximum atomic E-state index is 13.9. The van der Waals surface area contributed by atoms with Crippen LogP contribution in [0.25, 0.3) is 17.0 Å². The zero-order valence-electron chi connectivity index (χ0n) is 16.2. The van der Waals surface area contributed by atoms with Gasteiger partial charge in [-0.05, 0) is 38.9 Å². The zero-order valence-corrected chi connectivity index (χ0v) is 16.2. The van der Waals surface area contributed by atoms with Crippen LogP contribution >= 0.6 is 0 Å². The van der Waals surface area contributed by atoms with Gasteiger partial charge in [0.05, 0.1) is 18.1 Å². The number of rotatable bonds is 2. The molecule has 0 aliphatic carbocycles. The number of nitrogens with one attached hydrogen (secondary N) is 1. The van der Waals surface area contributed by atoms with Crippen molar-refractivity contribution >= 4 is 11.6 Å². The minimum Gasteiger partial charge on any atom is -0.376 e. The van der Waals surface area contributed by atoms with Crippen molar-refractivity contribution in [2.24, 2.45) is 0 Å². The molecule has 1 fully saturated rings. The highest BCUT2D eigenvalue weighted by Gasteiger charge is 2.51. The average Bonchev–Trinajstić information content (AvgIpc) is 3.14. The maximum Gasteiger partial charge on any atom is 0.421 e. The molecule has 0 radical (unpaired) electrons. The van der Waals surface area contributed by atoms with Crippen LogP contribution in [0.15, 0.2) is 30.7 Å². The van der Waals surface area contributed by atoms with Gasteiger partial charge in [-0.2, -0.15) is 13.2 Å². The summed E-state index contributed by atoms with van der Waals surface area (Å²) in [4.78, 5) is 11.2. The molecular formula is C19H22F4N6O. The highest BCUT2D eigenvalue weighted by molar-refractivity contribution is 5.61. The molecule has 0 amide bonds. The van der Waals surface area contributed by atoms with E-state index in [1.54, 1.807) is 0 Å². The number of nitrogens with zero attached hydrogens (tertiary/aromatic N) is 4. The first-order chi connectivity index (χ1) is 14.1. The second-order valence-electron chi connectivity index (χ2n) is 7.09. The number of imidazole rings is 1. The van der Waals surface area contributed by atoms with Crippen LogP contribution in [-0.4, -0.2) is 43.7 Å². The largest absolute Gasteiger partial charge is 0.421 e. The molecule has 1 atom stereocenters. The number of hydrogen-bond donors (Lipinski definition) is 3. The summed E-state index contributed by atoms with van der Waals surface area (Å²) in [6, 6.07) is 2.38. The summed E-state index contributed by atoms with van der Waals surface area (Å²) in [5.41, 5.74) is 2.05. The monoisotopic (exact) mass is 426 g/mol. The molecule has 4 rings (SSSR count). The Morgan fingerprint density at radius 2 is 1.80 bits per heavy atom. The zero-order chi connectivity index (χ0) is 21.9. The predicted molar refractivity (Wildman–Crippen MR) is 103 cm³/mol. The van der Waals surface area contributed by atoms with E-state index < -0.39 is 23.2 Å². The van der Waals surface area contributed by atoms with E-state index in [-0.39, 0.29) is 23.0 Å². The summed E-state index contributed by atoms with van der Waals surface area (Å²) in [5, 5.41) is 13.1. The Kier molecular flexibility index (Phi) is 6.22. The molecule has 7 nitrogen and oxygen atoms in total. The third kappa shape index (κ3) is 4.51. The molecule has 0 aromatic carbocycles. The number of nitrogen functional groups attached to an aromatic ring is 1. The van der Waals surface area contributed by atoms with Crippen LogP contribution < -0.4 is 11.1 Å². The Balaban J connectivity index is 0.000000367. The number of nitrogens with two attached hydrogens (primary N) is 1. The van der Waals surface area contributed by atoms with E-state index in [4.69, 9.17) is 5.73 Å². The first kappa shape index (κ1) is 21.9. The molecule has 1 saturated heterocycles.